The van der Waals surface area contributed by atoms with E-state index in [1.54, 1.807) is 0 Å². The number of nitrogens with zero attached hydrogens (tertiary/aromatic N) is 1. The van der Waals surface area contributed by atoms with E-state index >= 15 is 0 Å². The van der Waals surface area contributed by atoms with Crippen LogP contribution in [0, 0.1) is 0 Å². The van der Waals surface area contributed by atoms with Crippen LogP contribution < -0.4 is 0 Å². The van der Waals surface area contributed by atoms with E-state index in [9.17, 15) is 0 Å². The fourth-order valence-electron chi connectivity index (χ4n) is 9.66. The van der Waals surface area contributed by atoms with Gasteiger partial charge in [-0.3, -0.25) is 0 Å². The second-order valence-corrected chi connectivity index (χ2v) is 17.7. The minimum atomic E-state index is 0.418. The lowest BCUT2D eigenvalue weighted by Crippen LogP contribution is -2.06. The van der Waals surface area contributed by atoms with Crippen LogP contribution in [0.2, 0.25) is 0 Å². The minimum Gasteiger partial charge on any atom is -0.248 e. The molecule has 1 aliphatic heterocycles. The van der Waals surface area contributed by atoms with Crippen molar-refractivity contribution < 1.29 is 0 Å². The number of fused-ring (bicyclic) bond motifs is 5. The highest BCUT2D eigenvalue weighted by Gasteiger charge is 2.33. The molecular weight excluding hydrogens is 779 g/mol. The first kappa shape index (κ1) is 37.3. The predicted octanol–water partition coefficient (Wildman–Crippen LogP) is 16.7. The van der Waals surface area contributed by atoms with Crippen LogP contribution in [0.15, 0.2) is 242 Å². The monoisotopic (exact) mass is 819 g/mol. The molecule has 0 saturated carbocycles. The van der Waals surface area contributed by atoms with Crippen LogP contribution in [0.25, 0.3) is 99.7 Å². The largest absolute Gasteiger partial charge is 0.248 e. The van der Waals surface area contributed by atoms with E-state index in [-0.39, 0.29) is 0 Å². The maximum Gasteiger partial charge on any atom is 0.0721 e. The van der Waals surface area contributed by atoms with Gasteiger partial charge in [0.1, 0.15) is 0 Å². The quantitative estimate of drug-likeness (QED) is 0.159. The van der Waals surface area contributed by atoms with Gasteiger partial charge in [0.15, 0.2) is 0 Å². The SMILES string of the molecule is C1=CC2Sc3c(-c4ccc(-c5cc(-c6ccc(-c7cccc8ccccc78)cc6)cc(-c6ccc(-c7ccc(-c8ccccc8)cc7)cc6)n5)c5ccccc45)cccc3C2C=C1. The third kappa shape index (κ3) is 6.81. The second-order valence-electron chi connectivity index (χ2n) is 16.6. The number of thioether (sulfide) groups is 1. The summed E-state index contributed by atoms with van der Waals surface area (Å²) in [7, 11) is 0. The molecule has 0 radical (unpaired) electrons. The topological polar surface area (TPSA) is 12.9 Å². The first-order chi connectivity index (χ1) is 31.2. The molecule has 1 aromatic heterocycles. The molecule has 2 unspecified atom stereocenters. The molecule has 1 aliphatic carbocycles. The third-order valence-electron chi connectivity index (χ3n) is 12.9. The molecule has 2 heterocycles. The van der Waals surface area contributed by atoms with Gasteiger partial charge in [0.2, 0.25) is 0 Å². The van der Waals surface area contributed by atoms with Crippen LogP contribution in [0.4, 0.5) is 0 Å². The van der Waals surface area contributed by atoms with Crippen molar-refractivity contribution in [1.82, 2.24) is 4.98 Å². The highest BCUT2D eigenvalue weighted by atomic mass is 32.2. The normalized spacial score (nSPS) is 15.1. The summed E-state index contributed by atoms with van der Waals surface area (Å²) < 4.78 is 0. The van der Waals surface area contributed by atoms with Gasteiger partial charge in [-0.2, -0.15) is 0 Å². The first-order valence-corrected chi connectivity index (χ1v) is 22.6. The lowest BCUT2D eigenvalue weighted by molar-refractivity contribution is 0.881. The van der Waals surface area contributed by atoms with Crippen LogP contribution in [0.1, 0.15) is 11.5 Å². The van der Waals surface area contributed by atoms with Gasteiger partial charge < -0.3 is 0 Å². The van der Waals surface area contributed by atoms with E-state index in [2.05, 4.69) is 237 Å². The van der Waals surface area contributed by atoms with Crippen molar-refractivity contribution in [3.8, 4) is 78.1 Å². The molecule has 0 saturated heterocycles. The number of hydrogen-bond donors (Lipinski definition) is 0. The molecular formula is C61H41NS. The molecule has 2 heteroatoms. The number of rotatable bonds is 7. The predicted molar refractivity (Wildman–Crippen MR) is 268 cm³/mol. The van der Waals surface area contributed by atoms with Crippen molar-refractivity contribution in [2.45, 2.75) is 16.1 Å². The molecule has 10 aromatic rings. The average Bonchev–Trinajstić information content (AvgIpc) is 3.75. The Bertz CT molecular complexity index is 3390. The minimum absolute atomic E-state index is 0.418. The molecule has 0 amide bonds. The zero-order valence-corrected chi connectivity index (χ0v) is 35.3. The summed E-state index contributed by atoms with van der Waals surface area (Å²) in [6.07, 6.45) is 9.10. The molecule has 0 bridgehead atoms. The molecule has 2 aliphatic rings. The van der Waals surface area contributed by atoms with E-state index in [0.29, 0.717) is 11.2 Å². The second kappa shape index (κ2) is 15.7. The van der Waals surface area contributed by atoms with Gasteiger partial charge in [-0.1, -0.05) is 224 Å². The van der Waals surface area contributed by atoms with Crippen molar-refractivity contribution in [1.29, 1.82) is 0 Å². The highest BCUT2D eigenvalue weighted by molar-refractivity contribution is 8.00. The van der Waals surface area contributed by atoms with Gasteiger partial charge in [0.05, 0.1) is 11.4 Å². The molecule has 2 atom stereocenters. The third-order valence-corrected chi connectivity index (χ3v) is 14.3. The Labute approximate surface area is 372 Å². The number of pyridine rings is 1. The van der Waals surface area contributed by atoms with E-state index < -0.39 is 0 Å². The van der Waals surface area contributed by atoms with E-state index in [4.69, 9.17) is 4.98 Å². The molecule has 1 nitrogen and oxygen atoms in total. The Morgan fingerprint density at radius 1 is 0.333 bits per heavy atom. The van der Waals surface area contributed by atoms with Crippen molar-refractivity contribution in [2.75, 3.05) is 0 Å². The molecule has 0 fully saturated rings. The summed E-state index contributed by atoms with van der Waals surface area (Å²) in [4.78, 5) is 6.88. The average molecular weight is 820 g/mol. The fourth-order valence-corrected chi connectivity index (χ4v) is 11.1. The Kier molecular flexibility index (Phi) is 9.31. The zero-order valence-electron chi connectivity index (χ0n) is 34.5. The summed E-state index contributed by atoms with van der Waals surface area (Å²) in [6.45, 7) is 0. The lowest BCUT2D eigenvalue weighted by Gasteiger charge is -2.16. The molecule has 9 aromatic carbocycles. The Morgan fingerprint density at radius 3 is 1.60 bits per heavy atom. The van der Waals surface area contributed by atoms with E-state index in [0.717, 1.165) is 33.6 Å². The summed E-state index contributed by atoms with van der Waals surface area (Å²) in [5.41, 5.74) is 17.6. The molecule has 0 N–H and O–H groups in total. The Balaban J connectivity index is 0.960. The van der Waals surface area contributed by atoms with Gasteiger partial charge in [-0.15, -0.1) is 11.8 Å². The zero-order chi connectivity index (χ0) is 41.7. The van der Waals surface area contributed by atoms with E-state index in [1.807, 2.05) is 11.8 Å². The molecule has 12 rings (SSSR count). The van der Waals surface area contributed by atoms with Gasteiger partial charge in [0, 0.05) is 27.2 Å². The Morgan fingerprint density at radius 2 is 0.857 bits per heavy atom. The first-order valence-electron chi connectivity index (χ1n) is 21.8. The van der Waals surface area contributed by atoms with E-state index in [1.165, 1.54) is 76.5 Å². The maximum absolute atomic E-state index is 5.49. The van der Waals surface area contributed by atoms with Crippen molar-refractivity contribution >= 4 is 33.3 Å². The Hall–Kier alpha value is -7.52. The van der Waals surface area contributed by atoms with Crippen LogP contribution in [0.3, 0.4) is 0 Å². The van der Waals surface area contributed by atoms with Crippen LogP contribution in [-0.4, -0.2) is 10.2 Å². The van der Waals surface area contributed by atoms with Gasteiger partial charge >= 0.3 is 0 Å². The molecule has 296 valence electrons. The maximum atomic E-state index is 5.49. The summed E-state index contributed by atoms with van der Waals surface area (Å²) >= 11 is 2.00. The van der Waals surface area contributed by atoms with Crippen molar-refractivity contribution in [3.63, 3.8) is 0 Å². The molecule has 0 spiro atoms. The smallest absolute Gasteiger partial charge is 0.0721 e. The summed E-state index contributed by atoms with van der Waals surface area (Å²) in [6, 6.07) is 77.4. The van der Waals surface area contributed by atoms with Crippen molar-refractivity contribution in [3.05, 3.63) is 242 Å². The summed E-state index contributed by atoms with van der Waals surface area (Å²) in [5, 5.41) is 5.39. The standard InChI is InChI=1S/C61H41NS/c1-2-12-40(13-3-1)41-24-26-42(27-25-41)43-30-34-47(35-31-43)58-38-48(44-28-32-46(33-29-44)50-20-10-15-45-14-4-5-16-49(45)50)39-59(62-58)54-37-36-53(51-17-6-7-18-52(51)54)56-21-11-22-57-55-19-8-9-23-60(55)63-61(56)57/h1-39,55,60H. The molecule has 63 heavy (non-hydrogen) atoms. The van der Waals surface area contributed by atoms with Crippen LogP contribution in [0.5, 0.6) is 0 Å². The highest BCUT2D eigenvalue weighted by Crippen LogP contribution is 2.52. The summed E-state index contributed by atoms with van der Waals surface area (Å²) in [5.74, 6) is 0.418. The van der Waals surface area contributed by atoms with Gasteiger partial charge in [0.25, 0.3) is 0 Å². The van der Waals surface area contributed by atoms with Gasteiger partial charge in [-0.05, 0) is 94.9 Å². The van der Waals surface area contributed by atoms with Crippen LogP contribution >= 0.6 is 11.8 Å². The number of hydrogen-bond acceptors (Lipinski definition) is 2. The van der Waals surface area contributed by atoms with Gasteiger partial charge in [-0.25, -0.2) is 4.98 Å². The lowest BCUT2D eigenvalue weighted by atomic mass is 9.88. The fraction of sp³-hybridized carbons (Fsp3) is 0.0328. The van der Waals surface area contributed by atoms with Crippen molar-refractivity contribution in [2.24, 2.45) is 0 Å². The number of allylic oxidation sites excluding steroid dienone is 3. The van der Waals surface area contributed by atoms with Crippen LogP contribution in [-0.2, 0) is 0 Å². The number of benzene rings is 9. The number of aromatic nitrogens is 1.